The van der Waals surface area contributed by atoms with Crippen molar-refractivity contribution in [2.75, 3.05) is 0 Å². The number of thiazole rings is 1. The number of aliphatic hydroxyl groups is 1. The highest BCUT2D eigenvalue weighted by Gasteiger charge is 2.10. The summed E-state index contributed by atoms with van der Waals surface area (Å²) in [6.07, 6.45) is 0. The van der Waals surface area contributed by atoms with Crippen molar-refractivity contribution in [1.82, 2.24) is 4.98 Å². The molecule has 0 aliphatic rings. The summed E-state index contributed by atoms with van der Waals surface area (Å²) in [5.41, 5.74) is 5.52. The van der Waals surface area contributed by atoms with Crippen LogP contribution in [0.25, 0.3) is 0 Å². The second-order valence-corrected chi connectivity index (χ2v) is 4.75. The lowest BCUT2D eigenvalue weighted by molar-refractivity contribution is 0.100. The summed E-state index contributed by atoms with van der Waals surface area (Å²) in [4.78, 5) is 15.4. The molecule has 0 unspecified atom stereocenters. The molecular weight excluding hydrogens is 276 g/mol. The molecule has 7 heteroatoms. The van der Waals surface area contributed by atoms with Gasteiger partial charge in [-0.3, -0.25) is 4.79 Å². The predicted octanol–water partition coefficient (Wildman–Crippen LogP) is 2.18. The average Bonchev–Trinajstić information content (AvgIpc) is 2.70. The Hall–Kier alpha value is -1.63. The molecule has 0 saturated carbocycles. The third kappa shape index (κ3) is 2.79. The zero-order chi connectivity index (χ0) is 13.1. The van der Waals surface area contributed by atoms with Crippen molar-refractivity contribution in [2.24, 2.45) is 5.73 Å². The van der Waals surface area contributed by atoms with Crippen LogP contribution < -0.4 is 10.5 Å². The summed E-state index contributed by atoms with van der Waals surface area (Å²) in [7, 11) is 0. The molecule has 18 heavy (non-hydrogen) atoms. The topological polar surface area (TPSA) is 85.4 Å². The Morgan fingerprint density at radius 3 is 2.61 bits per heavy atom. The Morgan fingerprint density at radius 1 is 1.44 bits per heavy atom. The molecule has 0 bridgehead atoms. The van der Waals surface area contributed by atoms with E-state index < -0.39 is 5.91 Å². The first-order valence-electron chi connectivity index (χ1n) is 4.94. The van der Waals surface area contributed by atoms with Crippen LogP contribution in [0, 0.1) is 0 Å². The highest BCUT2D eigenvalue weighted by Crippen LogP contribution is 2.31. The Kier molecular flexibility index (Phi) is 3.81. The van der Waals surface area contributed by atoms with Gasteiger partial charge in [0.2, 0.25) is 5.91 Å². The number of nitrogens with zero attached hydrogens (tertiary/aromatic N) is 1. The summed E-state index contributed by atoms with van der Waals surface area (Å²) >= 11 is 6.93. The molecule has 0 fully saturated rings. The van der Waals surface area contributed by atoms with Gasteiger partial charge >= 0.3 is 0 Å². The van der Waals surface area contributed by atoms with E-state index in [2.05, 4.69) is 4.98 Å². The van der Waals surface area contributed by atoms with E-state index in [1.807, 2.05) is 0 Å². The molecule has 2 rings (SSSR count). The quantitative estimate of drug-likeness (QED) is 0.901. The molecule has 0 aliphatic heterocycles. The van der Waals surface area contributed by atoms with Crippen LogP contribution in [-0.2, 0) is 6.61 Å². The minimum absolute atomic E-state index is 0.180. The highest BCUT2D eigenvalue weighted by molar-refractivity contribution is 7.13. The van der Waals surface area contributed by atoms with Crippen LogP contribution in [0.15, 0.2) is 24.3 Å². The molecule has 0 spiro atoms. The SMILES string of the molecule is NC(=O)c1ccc(Oc2nc(Cl)c(CO)s2)cc1. The van der Waals surface area contributed by atoms with E-state index in [4.69, 9.17) is 27.2 Å². The van der Waals surface area contributed by atoms with Crippen LogP contribution in [0.1, 0.15) is 15.2 Å². The first-order valence-corrected chi connectivity index (χ1v) is 6.13. The zero-order valence-corrected chi connectivity index (χ0v) is 10.7. The summed E-state index contributed by atoms with van der Waals surface area (Å²) in [6.45, 7) is -0.180. The number of amides is 1. The first-order chi connectivity index (χ1) is 8.60. The maximum absolute atomic E-state index is 10.9. The Bertz CT molecular complexity index is 568. The van der Waals surface area contributed by atoms with Gasteiger partial charge in [0.15, 0.2) is 0 Å². The normalized spacial score (nSPS) is 10.3. The molecule has 94 valence electrons. The van der Waals surface area contributed by atoms with E-state index >= 15 is 0 Å². The summed E-state index contributed by atoms with van der Waals surface area (Å²) in [5, 5.41) is 9.53. The van der Waals surface area contributed by atoms with E-state index in [1.54, 1.807) is 24.3 Å². The van der Waals surface area contributed by atoms with Crippen molar-refractivity contribution in [3.63, 3.8) is 0 Å². The van der Waals surface area contributed by atoms with Crippen LogP contribution in [0.4, 0.5) is 0 Å². The number of benzene rings is 1. The molecule has 0 saturated heterocycles. The van der Waals surface area contributed by atoms with Crippen molar-refractivity contribution >= 4 is 28.8 Å². The third-order valence-electron chi connectivity index (χ3n) is 2.12. The van der Waals surface area contributed by atoms with Gasteiger partial charge in [0.05, 0.1) is 11.5 Å². The van der Waals surface area contributed by atoms with Crippen molar-refractivity contribution in [1.29, 1.82) is 0 Å². The molecule has 3 N–H and O–H groups in total. The molecule has 1 heterocycles. The molecule has 5 nitrogen and oxygen atoms in total. The second-order valence-electron chi connectivity index (χ2n) is 3.34. The van der Waals surface area contributed by atoms with Crippen molar-refractivity contribution in [3.05, 3.63) is 39.9 Å². The maximum Gasteiger partial charge on any atom is 0.280 e. The monoisotopic (exact) mass is 284 g/mol. The van der Waals surface area contributed by atoms with Gasteiger partial charge in [0.1, 0.15) is 10.9 Å². The first kappa shape index (κ1) is 12.8. The Labute approximate surface area is 112 Å². The molecule has 0 atom stereocenters. The molecule has 0 aliphatic carbocycles. The minimum Gasteiger partial charge on any atom is -0.431 e. The third-order valence-corrected chi connectivity index (χ3v) is 3.46. The van der Waals surface area contributed by atoms with E-state index in [0.29, 0.717) is 21.4 Å². The van der Waals surface area contributed by atoms with Crippen LogP contribution >= 0.6 is 22.9 Å². The number of primary amides is 1. The average molecular weight is 285 g/mol. The second kappa shape index (κ2) is 5.34. The maximum atomic E-state index is 10.9. The molecule has 2 aromatic rings. The number of nitrogens with two attached hydrogens (primary N) is 1. The number of aromatic nitrogens is 1. The number of aliphatic hydroxyl groups excluding tert-OH is 1. The fourth-order valence-electron chi connectivity index (χ4n) is 1.24. The largest absolute Gasteiger partial charge is 0.431 e. The summed E-state index contributed by atoms with van der Waals surface area (Å²) in [6, 6.07) is 6.32. The molecule has 0 radical (unpaired) electrons. The lowest BCUT2D eigenvalue weighted by Crippen LogP contribution is -2.10. The smallest absolute Gasteiger partial charge is 0.280 e. The fraction of sp³-hybridized carbons (Fsp3) is 0.0909. The van der Waals surface area contributed by atoms with Gasteiger partial charge < -0.3 is 15.6 Å². The number of hydrogen-bond donors (Lipinski definition) is 2. The van der Waals surface area contributed by atoms with E-state index in [9.17, 15) is 4.79 Å². The zero-order valence-electron chi connectivity index (χ0n) is 9.09. The van der Waals surface area contributed by atoms with Gasteiger partial charge in [-0.2, -0.15) is 4.98 Å². The lowest BCUT2D eigenvalue weighted by Gasteiger charge is -2.01. The molecule has 1 aromatic carbocycles. The van der Waals surface area contributed by atoms with Gasteiger partial charge in [-0.15, -0.1) is 0 Å². The minimum atomic E-state index is -0.499. The predicted molar refractivity (Wildman–Crippen MR) is 68.1 cm³/mol. The standard InChI is InChI=1S/C11H9ClN2O3S/c12-9-8(5-15)18-11(14-9)17-7-3-1-6(2-4-7)10(13)16/h1-4,15H,5H2,(H2,13,16). The number of rotatable bonds is 4. The summed E-state index contributed by atoms with van der Waals surface area (Å²) in [5.74, 6) is 0.0105. The lowest BCUT2D eigenvalue weighted by atomic mass is 10.2. The molecular formula is C11H9ClN2O3S. The van der Waals surface area contributed by atoms with Gasteiger partial charge in [-0.05, 0) is 24.3 Å². The van der Waals surface area contributed by atoms with E-state index in [1.165, 1.54) is 0 Å². The number of halogens is 1. The summed E-state index contributed by atoms with van der Waals surface area (Å²) < 4.78 is 5.44. The fourth-order valence-corrected chi connectivity index (χ4v) is 2.22. The number of carbonyl (C=O) groups is 1. The molecule has 1 amide bonds. The van der Waals surface area contributed by atoms with Crippen molar-refractivity contribution in [2.45, 2.75) is 6.61 Å². The Morgan fingerprint density at radius 2 is 2.11 bits per heavy atom. The van der Waals surface area contributed by atoms with Crippen LogP contribution in [0.3, 0.4) is 0 Å². The van der Waals surface area contributed by atoms with Gasteiger partial charge in [0, 0.05) is 5.56 Å². The van der Waals surface area contributed by atoms with Gasteiger partial charge in [-0.25, -0.2) is 0 Å². The highest BCUT2D eigenvalue weighted by atomic mass is 35.5. The molecule has 1 aromatic heterocycles. The van der Waals surface area contributed by atoms with Gasteiger partial charge in [-0.1, -0.05) is 22.9 Å². The van der Waals surface area contributed by atoms with Crippen LogP contribution in [0.2, 0.25) is 5.15 Å². The van der Waals surface area contributed by atoms with Crippen molar-refractivity contribution in [3.8, 4) is 10.9 Å². The number of carbonyl (C=O) groups excluding carboxylic acids is 1. The van der Waals surface area contributed by atoms with E-state index in [-0.39, 0.29) is 11.8 Å². The van der Waals surface area contributed by atoms with Crippen LogP contribution in [0.5, 0.6) is 10.9 Å². The number of hydrogen-bond acceptors (Lipinski definition) is 5. The van der Waals surface area contributed by atoms with E-state index in [0.717, 1.165) is 11.3 Å². The van der Waals surface area contributed by atoms with Gasteiger partial charge in [0.25, 0.3) is 5.19 Å². The Balaban J connectivity index is 2.15. The number of ether oxygens (including phenoxy) is 1. The van der Waals surface area contributed by atoms with Crippen LogP contribution in [-0.4, -0.2) is 16.0 Å². The van der Waals surface area contributed by atoms with Crippen molar-refractivity contribution < 1.29 is 14.6 Å².